The summed E-state index contributed by atoms with van der Waals surface area (Å²) >= 11 is 0. The van der Waals surface area contributed by atoms with Gasteiger partial charge in [0.2, 0.25) is 0 Å². The van der Waals surface area contributed by atoms with Crippen molar-refractivity contribution in [3.63, 3.8) is 0 Å². The van der Waals surface area contributed by atoms with E-state index in [1.807, 2.05) is 0 Å². The van der Waals surface area contributed by atoms with Crippen LogP contribution in [0.3, 0.4) is 0 Å². The zero-order valence-corrected chi connectivity index (χ0v) is 13.5. The maximum Gasteiger partial charge on any atom is 0.267 e. The van der Waals surface area contributed by atoms with Gasteiger partial charge in [0.1, 0.15) is 18.1 Å². The average molecular weight is 338 g/mol. The molecule has 126 valence electrons. The molecule has 0 bridgehead atoms. The van der Waals surface area contributed by atoms with Gasteiger partial charge in [0.25, 0.3) is 5.56 Å². The van der Waals surface area contributed by atoms with Crippen LogP contribution < -0.4 is 10.3 Å². The zero-order chi connectivity index (χ0) is 17.8. The van der Waals surface area contributed by atoms with Gasteiger partial charge in [-0.25, -0.2) is 9.07 Å². The Bertz CT molecular complexity index is 948. The third kappa shape index (κ3) is 3.80. The molecule has 3 rings (SSSR count). The summed E-state index contributed by atoms with van der Waals surface area (Å²) in [6, 6.07) is 15.3. The molecule has 0 radical (unpaired) electrons. The minimum Gasteiger partial charge on any atom is -0.497 e. The van der Waals surface area contributed by atoms with E-state index in [1.165, 1.54) is 18.2 Å². The van der Waals surface area contributed by atoms with Crippen LogP contribution in [0.2, 0.25) is 0 Å². The van der Waals surface area contributed by atoms with E-state index in [2.05, 4.69) is 5.10 Å². The molecule has 0 saturated carbocycles. The number of rotatable bonds is 5. The molecule has 0 aliphatic carbocycles. The fourth-order valence-electron chi connectivity index (χ4n) is 2.34. The first-order valence-electron chi connectivity index (χ1n) is 7.58. The highest BCUT2D eigenvalue weighted by Gasteiger charge is 2.10. The second-order valence-corrected chi connectivity index (χ2v) is 5.37. The highest BCUT2D eigenvalue weighted by Crippen LogP contribution is 2.16. The van der Waals surface area contributed by atoms with Gasteiger partial charge in [-0.2, -0.15) is 5.10 Å². The molecule has 0 aliphatic rings. The lowest BCUT2D eigenvalue weighted by molar-refractivity contribution is 0.0966. The molecule has 0 fully saturated rings. The Hall–Kier alpha value is -3.28. The first-order valence-corrected chi connectivity index (χ1v) is 7.58. The lowest BCUT2D eigenvalue weighted by Crippen LogP contribution is -2.26. The number of benzene rings is 2. The number of aromatic nitrogens is 2. The number of ketones is 1. The second-order valence-electron chi connectivity index (χ2n) is 5.37. The molecule has 1 heterocycles. The molecule has 0 spiro atoms. The van der Waals surface area contributed by atoms with Gasteiger partial charge in [0.15, 0.2) is 5.78 Å². The van der Waals surface area contributed by atoms with Gasteiger partial charge in [-0.3, -0.25) is 9.59 Å². The van der Waals surface area contributed by atoms with Gasteiger partial charge in [-0.15, -0.1) is 0 Å². The number of carbonyl (C=O) groups is 1. The minimum absolute atomic E-state index is 0.180. The van der Waals surface area contributed by atoms with Crippen molar-refractivity contribution < 1.29 is 13.9 Å². The van der Waals surface area contributed by atoms with Gasteiger partial charge in [0.05, 0.1) is 12.8 Å². The predicted molar refractivity (Wildman–Crippen MR) is 91.2 cm³/mol. The Balaban J connectivity index is 1.86. The van der Waals surface area contributed by atoms with Crippen molar-refractivity contribution in [3.8, 4) is 17.0 Å². The number of nitrogens with zero attached hydrogens (tertiary/aromatic N) is 2. The average Bonchev–Trinajstić information content (AvgIpc) is 2.64. The van der Waals surface area contributed by atoms with E-state index in [4.69, 9.17) is 4.74 Å². The van der Waals surface area contributed by atoms with Crippen LogP contribution in [-0.2, 0) is 6.54 Å². The van der Waals surface area contributed by atoms with Crippen molar-refractivity contribution in [2.75, 3.05) is 7.11 Å². The summed E-state index contributed by atoms with van der Waals surface area (Å²) in [4.78, 5) is 24.4. The van der Waals surface area contributed by atoms with Crippen molar-refractivity contribution in [2.24, 2.45) is 0 Å². The zero-order valence-electron chi connectivity index (χ0n) is 13.5. The van der Waals surface area contributed by atoms with Crippen LogP contribution in [0.1, 0.15) is 10.4 Å². The first kappa shape index (κ1) is 16.6. The summed E-state index contributed by atoms with van der Waals surface area (Å²) in [6.07, 6.45) is 0. The number of Topliss-reactive ketones (excluding diaryl/α,β-unsaturated/α-hetero) is 1. The van der Waals surface area contributed by atoms with Gasteiger partial charge in [-0.1, -0.05) is 0 Å². The molecular weight excluding hydrogens is 323 g/mol. The van der Waals surface area contributed by atoms with E-state index in [0.29, 0.717) is 22.6 Å². The van der Waals surface area contributed by atoms with Gasteiger partial charge >= 0.3 is 0 Å². The maximum absolute atomic E-state index is 13.0. The van der Waals surface area contributed by atoms with Gasteiger partial charge < -0.3 is 4.74 Å². The normalized spacial score (nSPS) is 10.5. The Morgan fingerprint density at radius 3 is 2.36 bits per heavy atom. The molecule has 0 N–H and O–H groups in total. The summed E-state index contributed by atoms with van der Waals surface area (Å²) in [5.74, 6) is 0.0467. The number of ether oxygens (including phenoxy) is 1. The lowest BCUT2D eigenvalue weighted by Gasteiger charge is -2.07. The molecule has 1 aromatic heterocycles. The molecule has 0 saturated heterocycles. The maximum atomic E-state index is 13.0. The lowest BCUT2D eigenvalue weighted by atomic mass is 10.1. The van der Waals surface area contributed by atoms with Crippen LogP contribution in [0.15, 0.2) is 65.5 Å². The topological polar surface area (TPSA) is 61.2 Å². The highest BCUT2D eigenvalue weighted by atomic mass is 19.1. The predicted octanol–water partition coefficient (Wildman–Crippen LogP) is 2.94. The van der Waals surface area contributed by atoms with Crippen molar-refractivity contribution in [1.82, 2.24) is 9.78 Å². The summed E-state index contributed by atoms with van der Waals surface area (Å²) < 4.78 is 19.2. The summed E-state index contributed by atoms with van der Waals surface area (Å²) in [5, 5.41) is 4.21. The molecule has 0 atom stereocenters. The van der Waals surface area contributed by atoms with E-state index >= 15 is 0 Å². The fraction of sp³-hybridized carbons (Fsp3) is 0.105. The van der Waals surface area contributed by atoms with E-state index in [9.17, 15) is 14.0 Å². The molecule has 3 aromatic rings. The standard InChI is InChI=1S/C19H15FN2O3/c1-25-16-8-4-14(5-9-16)18(23)12-22-19(24)11-10-17(21-22)13-2-6-15(20)7-3-13/h2-11H,12H2,1H3. The molecule has 25 heavy (non-hydrogen) atoms. The molecule has 0 amide bonds. The molecule has 5 nitrogen and oxygen atoms in total. The van der Waals surface area contributed by atoms with E-state index < -0.39 is 0 Å². The molecule has 2 aromatic carbocycles. The SMILES string of the molecule is COc1ccc(C(=O)Cn2nc(-c3ccc(F)cc3)ccc2=O)cc1. The first-order chi connectivity index (χ1) is 12.1. The highest BCUT2D eigenvalue weighted by molar-refractivity contribution is 5.95. The van der Waals surface area contributed by atoms with Crippen LogP contribution in [0, 0.1) is 5.82 Å². The minimum atomic E-state index is -0.382. The monoisotopic (exact) mass is 338 g/mol. The summed E-state index contributed by atoms with van der Waals surface area (Å²) in [6.45, 7) is -0.180. The Morgan fingerprint density at radius 1 is 1.04 bits per heavy atom. The van der Waals surface area contributed by atoms with Crippen LogP contribution in [0.5, 0.6) is 5.75 Å². The molecule has 0 aliphatic heterocycles. The third-order valence-electron chi connectivity index (χ3n) is 3.71. The Morgan fingerprint density at radius 2 is 1.72 bits per heavy atom. The van der Waals surface area contributed by atoms with Crippen molar-refractivity contribution in [3.05, 3.63) is 82.4 Å². The second kappa shape index (κ2) is 7.09. The number of hydrogen-bond acceptors (Lipinski definition) is 4. The Kier molecular flexibility index (Phi) is 4.70. The number of halogens is 1. The molecular formula is C19H15FN2O3. The summed E-state index contributed by atoms with van der Waals surface area (Å²) in [5.41, 5.74) is 1.23. The van der Waals surface area contributed by atoms with Crippen LogP contribution in [0.4, 0.5) is 4.39 Å². The number of methoxy groups -OCH3 is 1. The van der Waals surface area contributed by atoms with Crippen LogP contribution in [-0.4, -0.2) is 22.7 Å². The largest absolute Gasteiger partial charge is 0.497 e. The van der Waals surface area contributed by atoms with Crippen LogP contribution >= 0.6 is 0 Å². The fourth-order valence-corrected chi connectivity index (χ4v) is 2.34. The summed E-state index contributed by atoms with van der Waals surface area (Å²) in [7, 11) is 1.54. The van der Waals surface area contributed by atoms with E-state index in [-0.39, 0.29) is 23.7 Å². The van der Waals surface area contributed by atoms with E-state index in [1.54, 1.807) is 49.6 Å². The number of hydrogen-bond donors (Lipinski definition) is 0. The third-order valence-corrected chi connectivity index (χ3v) is 3.71. The van der Waals surface area contributed by atoms with Crippen molar-refractivity contribution in [2.45, 2.75) is 6.54 Å². The molecule has 0 unspecified atom stereocenters. The smallest absolute Gasteiger partial charge is 0.267 e. The van der Waals surface area contributed by atoms with Gasteiger partial charge in [0, 0.05) is 17.2 Å². The Labute approximate surface area is 143 Å². The quantitative estimate of drug-likeness (QED) is 0.671. The van der Waals surface area contributed by atoms with E-state index in [0.717, 1.165) is 4.68 Å². The van der Waals surface area contributed by atoms with Gasteiger partial charge in [-0.05, 0) is 54.6 Å². The van der Waals surface area contributed by atoms with Crippen LogP contribution in [0.25, 0.3) is 11.3 Å². The van der Waals surface area contributed by atoms with Crippen molar-refractivity contribution in [1.29, 1.82) is 0 Å². The number of carbonyl (C=O) groups excluding carboxylic acids is 1. The molecule has 6 heteroatoms. The van der Waals surface area contributed by atoms with Crippen molar-refractivity contribution >= 4 is 5.78 Å².